The van der Waals surface area contributed by atoms with Crippen LogP contribution in [0.4, 0.5) is 0 Å². The van der Waals surface area contributed by atoms with Crippen molar-refractivity contribution in [3.8, 4) is 0 Å². The number of hydrogen-bond donors (Lipinski definition) is 2. The van der Waals surface area contributed by atoms with Gasteiger partial charge in [0.2, 0.25) is 10.0 Å². The Balaban J connectivity index is 1.98. The normalized spacial score (nSPS) is 18.8. The minimum Gasteiger partial charge on any atom is -0.391 e. The van der Waals surface area contributed by atoms with Crippen LogP contribution in [0.5, 0.6) is 0 Å². The molecule has 0 amide bonds. The van der Waals surface area contributed by atoms with E-state index in [1.54, 1.807) is 6.07 Å². The van der Waals surface area contributed by atoms with E-state index in [2.05, 4.69) is 9.62 Å². The molecule has 0 aliphatic carbocycles. The molecule has 2 heterocycles. The van der Waals surface area contributed by atoms with Crippen LogP contribution in [0.25, 0.3) is 0 Å². The number of aliphatic hydroxyl groups excluding tert-OH is 1. The van der Waals surface area contributed by atoms with E-state index in [0.29, 0.717) is 4.88 Å². The van der Waals surface area contributed by atoms with Gasteiger partial charge in [0.1, 0.15) is 4.21 Å². The molecule has 0 saturated carbocycles. The maximum absolute atomic E-state index is 12.4. The Morgan fingerprint density at radius 3 is 2.62 bits per heavy atom. The highest BCUT2D eigenvalue weighted by molar-refractivity contribution is 7.91. The number of nitrogens with one attached hydrogen (secondary N) is 1. The van der Waals surface area contributed by atoms with Crippen molar-refractivity contribution in [1.82, 2.24) is 9.62 Å². The zero-order valence-electron chi connectivity index (χ0n) is 12.6. The van der Waals surface area contributed by atoms with Crippen molar-refractivity contribution in [2.45, 2.75) is 50.0 Å². The SMILES string of the molecule is Cc1cc(S(=O)(=O)NC(C)CN2CCCCC2)sc1CO. The highest BCUT2D eigenvalue weighted by Crippen LogP contribution is 2.26. The Morgan fingerprint density at radius 2 is 2.05 bits per heavy atom. The molecule has 1 unspecified atom stereocenters. The molecule has 2 N–H and O–H groups in total. The fourth-order valence-corrected chi connectivity index (χ4v) is 5.37. The van der Waals surface area contributed by atoms with E-state index in [-0.39, 0.29) is 16.9 Å². The second kappa shape index (κ2) is 7.19. The Bertz CT molecular complexity index is 563. The number of piperidine rings is 1. The van der Waals surface area contributed by atoms with Gasteiger partial charge in [-0.2, -0.15) is 0 Å². The van der Waals surface area contributed by atoms with Crippen molar-refractivity contribution in [2.75, 3.05) is 19.6 Å². The number of nitrogens with zero attached hydrogens (tertiary/aromatic N) is 1. The summed E-state index contributed by atoms with van der Waals surface area (Å²) in [6.45, 7) is 6.46. The van der Waals surface area contributed by atoms with Gasteiger partial charge in [-0.25, -0.2) is 13.1 Å². The van der Waals surface area contributed by atoms with Crippen molar-refractivity contribution in [2.24, 2.45) is 0 Å². The molecule has 1 fully saturated rings. The molecule has 0 spiro atoms. The van der Waals surface area contributed by atoms with Gasteiger partial charge in [-0.1, -0.05) is 6.42 Å². The number of thiophene rings is 1. The highest BCUT2D eigenvalue weighted by atomic mass is 32.2. The molecular weight excluding hydrogens is 308 g/mol. The van der Waals surface area contributed by atoms with Crippen LogP contribution in [-0.2, 0) is 16.6 Å². The van der Waals surface area contributed by atoms with Gasteiger partial charge in [0.25, 0.3) is 0 Å². The van der Waals surface area contributed by atoms with Crippen LogP contribution in [0.1, 0.15) is 36.6 Å². The molecule has 0 bridgehead atoms. The van der Waals surface area contributed by atoms with Gasteiger partial charge in [-0.05, 0) is 51.4 Å². The van der Waals surface area contributed by atoms with Crippen LogP contribution in [-0.4, -0.2) is 44.1 Å². The minimum absolute atomic E-state index is 0.116. The summed E-state index contributed by atoms with van der Waals surface area (Å²) in [7, 11) is -3.49. The van der Waals surface area contributed by atoms with Crippen molar-refractivity contribution >= 4 is 21.4 Å². The monoisotopic (exact) mass is 332 g/mol. The molecule has 1 saturated heterocycles. The first-order valence-electron chi connectivity index (χ1n) is 7.37. The third-order valence-electron chi connectivity index (χ3n) is 3.74. The second-order valence-corrected chi connectivity index (χ2v) is 8.79. The molecular formula is C14H24N2O3S2. The molecule has 1 aliphatic heterocycles. The fraction of sp³-hybridized carbons (Fsp3) is 0.714. The fourth-order valence-electron chi connectivity index (χ4n) is 2.67. The summed E-state index contributed by atoms with van der Waals surface area (Å²) in [5, 5.41) is 9.18. The van der Waals surface area contributed by atoms with Crippen LogP contribution < -0.4 is 4.72 Å². The van der Waals surface area contributed by atoms with E-state index < -0.39 is 10.0 Å². The number of sulfonamides is 1. The molecule has 1 aliphatic rings. The largest absolute Gasteiger partial charge is 0.391 e. The molecule has 0 aromatic carbocycles. The van der Waals surface area contributed by atoms with Crippen LogP contribution in [0, 0.1) is 6.92 Å². The molecule has 7 heteroatoms. The first-order chi connectivity index (χ1) is 9.92. The summed E-state index contributed by atoms with van der Waals surface area (Å²) in [5.41, 5.74) is 0.826. The smallest absolute Gasteiger partial charge is 0.250 e. The lowest BCUT2D eigenvalue weighted by atomic mass is 10.1. The lowest BCUT2D eigenvalue weighted by Crippen LogP contribution is -2.43. The van der Waals surface area contributed by atoms with Crippen LogP contribution in [0.15, 0.2) is 10.3 Å². The predicted molar refractivity (Wildman–Crippen MR) is 85.1 cm³/mol. The Hall–Kier alpha value is -0.470. The summed E-state index contributed by atoms with van der Waals surface area (Å²) >= 11 is 1.14. The summed E-state index contributed by atoms with van der Waals surface area (Å²) in [6.07, 6.45) is 3.67. The van der Waals surface area contributed by atoms with Gasteiger partial charge in [-0.15, -0.1) is 11.3 Å². The first kappa shape index (κ1) is 16.9. The molecule has 1 aromatic heterocycles. The lowest BCUT2D eigenvalue weighted by molar-refractivity contribution is 0.215. The third-order valence-corrected chi connectivity index (χ3v) is 7.03. The average molecular weight is 332 g/mol. The summed E-state index contributed by atoms with van der Waals surface area (Å²) in [6, 6.07) is 1.51. The van der Waals surface area contributed by atoms with E-state index in [9.17, 15) is 13.5 Å². The zero-order chi connectivity index (χ0) is 15.5. The zero-order valence-corrected chi connectivity index (χ0v) is 14.3. The van der Waals surface area contributed by atoms with Gasteiger partial charge in [0.15, 0.2) is 0 Å². The Kier molecular flexibility index (Phi) is 5.79. The van der Waals surface area contributed by atoms with E-state index in [1.165, 1.54) is 19.3 Å². The number of rotatable bonds is 6. The topological polar surface area (TPSA) is 69.6 Å². The molecule has 5 nitrogen and oxygen atoms in total. The molecule has 120 valence electrons. The number of aliphatic hydroxyl groups is 1. The van der Waals surface area contributed by atoms with Crippen LogP contribution in [0.3, 0.4) is 0 Å². The first-order valence-corrected chi connectivity index (χ1v) is 9.67. The van der Waals surface area contributed by atoms with E-state index in [0.717, 1.165) is 36.5 Å². The molecule has 1 atom stereocenters. The van der Waals surface area contributed by atoms with Gasteiger partial charge < -0.3 is 10.0 Å². The van der Waals surface area contributed by atoms with Crippen LogP contribution in [0.2, 0.25) is 0 Å². The molecule has 2 rings (SSSR count). The van der Waals surface area contributed by atoms with Gasteiger partial charge >= 0.3 is 0 Å². The Morgan fingerprint density at radius 1 is 1.38 bits per heavy atom. The summed E-state index contributed by atoms with van der Waals surface area (Å²) < 4.78 is 27.8. The van der Waals surface area contributed by atoms with Crippen LogP contribution >= 0.6 is 11.3 Å². The summed E-state index contributed by atoms with van der Waals surface area (Å²) in [5.74, 6) is 0. The average Bonchev–Trinajstić information content (AvgIpc) is 2.81. The lowest BCUT2D eigenvalue weighted by Gasteiger charge is -2.29. The molecule has 21 heavy (non-hydrogen) atoms. The molecule has 1 aromatic rings. The summed E-state index contributed by atoms with van der Waals surface area (Å²) in [4.78, 5) is 3.02. The Labute approximate surface area is 131 Å². The highest BCUT2D eigenvalue weighted by Gasteiger charge is 2.22. The van der Waals surface area contributed by atoms with Gasteiger partial charge in [0.05, 0.1) is 6.61 Å². The van der Waals surface area contributed by atoms with Gasteiger partial charge in [-0.3, -0.25) is 0 Å². The third kappa shape index (κ3) is 4.50. The minimum atomic E-state index is -3.49. The molecule has 0 radical (unpaired) electrons. The van der Waals surface area contributed by atoms with E-state index in [4.69, 9.17) is 0 Å². The van der Waals surface area contributed by atoms with E-state index >= 15 is 0 Å². The van der Waals surface area contributed by atoms with Crippen molar-refractivity contribution in [3.05, 3.63) is 16.5 Å². The number of aryl methyl sites for hydroxylation is 1. The standard InChI is InChI=1S/C14H24N2O3S2/c1-11-8-14(20-13(11)10-17)21(18,19)15-12(2)9-16-6-4-3-5-7-16/h8,12,15,17H,3-7,9-10H2,1-2H3. The number of hydrogen-bond acceptors (Lipinski definition) is 5. The van der Waals surface area contributed by atoms with Gasteiger partial charge in [0, 0.05) is 17.5 Å². The van der Waals surface area contributed by atoms with Crippen molar-refractivity contribution in [3.63, 3.8) is 0 Å². The maximum atomic E-state index is 12.4. The van der Waals surface area contributed by atoms with E-state index in [1.807, 2.05) is 13.8 Å². The van der Waals surface area contributed by atoms with Crippen molar-refractivity contribution in [1.29, 1.82) is 0 Å². The van der Waals surface area contributed by atoms with Crippen molar-refractivity contribution < 1.29 is 13.5 Å². The quantitative estimate of drug-likeness (QED) is 0.832. The second-order valence-electron chi connectivity index (χ2n) is 5.71. The predicted octanol–water partition coefficient (Wildman–Crippen LogP) is 1.70. The number of likely N-dealkylation sites (tertiary alicyclic amines) is 1. The maximum Gasteiger partial charge on any atom is 0.250 e.